The van der Waals surface area contributed by atoms with Gasteiger partial charge in [0.25, 0.3) is 0 Å². The van der Waals surface area contributed by atoms with E-state index < -0.39 is 0 Å². The summed E-state index contributed by atoms with van der Waals surface area (Å²) in [5, 5.41) is 0.788. The summed E-state index contributed by atoms with van der Waals surface area (Å²) in [6.07, 6.45) is 9.62. The minimum Gasteiger partial charge on any atom is -0.381 e. The Morgan fingerprint density at radius 3 is 2.94 bits per heavy atom. The monoisotopic (exact) mass is 247 g/mol. The minimum absolute atomic E-state index is 0.495. The molecule has 0 amide bonds. The molecule has 88 valence electrons. The van der Waals surface area contributed by atoms with Gasteiger partial charge in [0.2, 0.25) is 0 Å². The largest absolute Gasteiger partial charge is 0.381 e. The van der Waals surface area contributed by atoms with Gasteiger partial charge in [-0.3, -0.25) is 0 Å². The number of imidazole rings is 1. The summed E-state index contributed by atoms with van der Waals surface area (Å²) in [5.74, 6) is 1.33. The van der Waals surface area contributed by atoms with Crippen molar-refractivity contribution in [2.75, 3.05) is 5.73 Å². The molecule has 0 spiro atoms. The molecule has 2 heterocycles. The van der Waals surface area contributed by atoms with Gasteiger partial charge in [-0.15, -0.1) is 0 Å². The number of nitrogen functional groups attached to an aromatic ring is 1. The molecule has 17 heavy (non-hydrogen) atoms. The Hall–Kier alpha value is -1.56. The molecule has 1 aliphatic rings. The van der Waals surface area contributed by atoms with Gasteiger partial charge < -0.3 is 10.3 Å². The van der Waals surface area contributed by atoms with Crippen LogP contribution in [0.2, 0.25) is 0 Å². The number of nitrogens with two attached hydrogens (primary N) is 1. The Labute approximate surface area is 103 Å². The molecular formula is C11H13N5S. The maximum absolute atomic E-state index is 5.75. The van der Waals surface area contributed by atoms with Crippen LogP contribution in [-0.2, 0) is 5.75 Å². The Kier molecular flexibility index (Phi) is 2.72. The molecule has 1 saturated carbocycles. The molecule has 1 aliphatic carbocycles. The molecule has 0 aliphatic heterocycles. The van der Waals surface area contributed by atoms with Crippen molar-refractivity contribution in [3.8, 4) is 0 Å². The molecule has 2 N–H and O–H groups in total. The van der Waals surface area contributed by atoms with Crippen LogP contribution in [0, 0.1) is 0 Å². The molecule has 0 aromatic carbocycles. The van der Waals surface area contributed by atoms with Crippen LogP contribution in [0.25, 0.3) is 0 Å². The fraction of sp³-hybridized carbons (Fsp3) is 0.364. The van der Waals surface area contributed by atoms with Crippen molar-refractivity contribution in [2.24, 2.45) is 0 Å². The van der Waals surface area contributed by atoms with E-state index in [0.29, 0.717) is 11.9 Å². The van der Waals surface area contributed by atoms with E-state index in [2.05, 4.69) is 19.5 Å². The van der Waals surface area contributed by atoms with Crippen molar-refractivity contribution in [3.05, 3.63) is 30.6 Å². The third-order valence-electron chi connectivity index (χ3n) is 2.73. The van der Waals surface area contributed by atoms with Crippen molar-refractivity contribution < 1.29 is 0 Å². The van der Waals surface area contributed by atoms with Crippen LogP contribution in [0.1, 0.15) is 24.6 Å². The summed E-state index contributed by atoms with van der Waals surface area (Å²) in [4.78, 5) is 12.4. The van der Waals surface area contributed by atoms with Crippen molar-refractivity contribution in [1.82, 2.24) is 19.5 Å². The van der Waals surface area contributed by atoms with Crippen LogP contribution in [0.5, 0.6) is 0 Å². The molecule has 0 bridgehead atoms. The highest BCUT2D eigenvalue weighted by Gasteiger charge is 2.25. The van der Waals surface area contributed by atoms with Crippen LogP contribution in [-0.4, -0.2) is 19.5 Å². The molecular weight excluding hydrogens is 234 g/mol. The number of hydrogen-bond donors (Lipinski definition) is 1. The zero-order valence-corrected chi connectivity index (χ0v) is 10.1. The predicted molar refractivity (Wildman–Crippen MR) is 66.5 cm³/mol. The first-order valence-electron chi connectivity index (χ1n) is 5.54. The maximum Gasteiger partial charge on any atom is 0.156 e. The third-order valence-corrected chi connectivity index (χ3v) is 3.76. The Balaban J connectivity index is 1.71. The standard InChI is InChI=1S/C11H13N5S/c12-10-11(15-4-3-14-10)17-6-9-5-13-7-16(9)8-1-2-8/h3-5,7-8H,1-2,6H2,(H2,12,14). The maximum atomic E-state index is 5.75. The van der Waals surface area contributed by atoms with Crippen LogP contribution in [0.3, 0.4) is 0 Å². The smallest absolute Gasteiger partial charge is 0.156 e. The molecule has 2 aromatic rings. The van der Waals surface area contributed by atoms with Gasteiger partial charge in [0.1, 0.15) is 5.03 Å². The lowest BCUT2D eigenvalue weighted by atomic mass is 10.5. The zero-order valence-electron chi connectivity index (χ0n) is 9.28. The lowest BCUT2D eigenvalue weighted by molar-refractivity contribution is 0.714. The number of thioether (sulfide) groups is 1. The highest BCUT2D eigenvalue weighted by Crippen LogP contribution is 2.36. The first-order valence-corrected chi connectivity index (χ1v) is 6.53. The van der Waals surface area contributed by atoms with E-state index in [1.165, 1.54) is 18.5 Å². The van der Waals surface area contributed by atoms with Crippen molar-refractivity contribution in [1.29, 1.82) is 0 Å². The first kappa shape index (κ1) is 10.6. The molecule has 0 atom stereocenters. The van der Waals surface area contributed by atoms with Crippen LogP contribution < -0.4 is 5.73 Å². The lowest BCUT2D eigenvalue weighted by Gasteiger charge is -2.06. The zero-order chi connectivity index (χ0) is 11.7. The van der Waals surface area contributed by atoms with Crippen molar-refractivity contribution in [3.63, 3.8) is 0 Å². The van der Waals surface area contributed by atoms with E-state index in [1.807, 2.05) is 12.5 Å². The van der Waals surface area contributed by atoms with E-state index in [0.717, 1.165) is 10.8 Å². The summed E-state index contributed by atoms with van der Waals surface area (Å²) < 4.78 is 2.25. The van der Waals surface area contributed by atoms with Crippen molar-refractivity contribution in [2.45, 2.75) is 29.7 Å². The first-order chi connectivity index (χ1) is 8.34. The fourth-order valence-corrected chi connectivity index (χ4v) is 2.56. The number of anilines is 1. The molecule has 5 nitrogen and oxygen atoms in total. The van der Waals surface area contributed by atoms with E-state index in [1.54, 1.807) is 24.2 Å². The van der Waals surface area contributed by atoms with Gasteiger partial charge in [-0.25, -0.2) is 15.0 Å². The highest BCUT2D eigenvalue weighted by atomic mass is 32.2. The van der Waals surface area contributed by atoms with Gasteiger partial charge in [-0.1, -0.05) is 11.8 Å². The van der Waals surface area contributed by atoms with E-state index in [-0.39, 0.29) is 0 Å². The van der Waals surface area contributed by atoms with Crippen LogP contribution >= 0.6 is 11.8 Å². The Morgan fingerprint density at radius 1 is 1.35 bits per heavy atom. The minimum atomic E-state index is 0.495. The van der Waals surface area contributed by atoms with E-state index in [4.69, 9.17) is 5.73 Å². The average molecular weight is 247 g/mol. The average Bonchev–Trinajstić information content (AvgIpc) is 3.08. The highest BCUT2D eigenvalue weighted by molar-refractivity contribution is 7.98. The number of hydrogen-bond acceptors (Lipinski definition) is 5. The fourth-order valence-electron chi connectivity index (χ4n) is 1.71. The second-order valence-corrected chi connectivity index (χ2v) is 5.02. The molecule has 0 radical (unpaired) electrons. The Morgan fingerprint density at radius 2 is 2.18 bits per heavy atom. The summed E-state index contributed by atoms with van der Waals surface area (Å²) in [5.41, 5.74) is 6.98. The molecule has 2 aromatic heterocycles. The van der Waals surface area contributed by atoms with Crippen LogP contribution in [0.15, 0.2) is 29.9 Å². The molecule has 6 heteroatoms. The predicted octanol–water partition coefficient (Wildman–Crippen LogP) is 1.88. The summed E-state index contributed by atoms with van der Waals surface area (Å²) in [6.45, 7) is 0. The SMILES string of the molecule is Nc1nccnc1SCc1cncn1C1CC1. The van der Waals surface area contributed by atoms with Gasteiger partial charge in [-0.2, -0.15) is 0 Å². The van der Waals surface area contributed by atoms with Gasteiger partial charge in [0, 0.05) is 36.1 Å². The normalized spacial score (nSPS) is 15.1. The van der Waals surface area contributed by atoms with Gasteiger partial charge in [-0.05, 0) is 12.8 Å². The van der Waals surface area contributed by atoms with Crippen molar-refractivity contribution >= 4 is 17.6 Å². The number of nitrogens with zero attached hydrogens (tertiary/aromatic N) is 4. The number of aromatic nitrogens is 4. The number of rotatable bonds is 4. The summed E-state index contributed by atoms with van der Waals surface area (Å²) in [7, 11) is 0. The van der Waals surface area contributed by atoms with E-state index >= 15 is 0 Å². The van der Waals surface area contributed by atoms with Crippen LogP contribution in [0.4, 0.5) is 5.82 Å². The summed E-state index contributed by atoms with van der Waals surface area (Å²) >= 11 is 1.60. The van der Waals surface area contributed by atoms with Gasteiger partial charge in [0.15, 0.2) is 5.82 Å². The molecule has 0 saturated heterocycles. The molecule has 3 rings (SSSR count). The quantitative estimate of drug-likeness (QED) is 0.835. The lowest BCUT2D eigenvalue weighted by Crippen LogP contribution is -1.99. The molecule has 1 fully saturated rings. The molecule has 0 unspecified atom stereocenters. The Bertz CT molecular complexity index is 520. The second kappa shape index (κ2) is 4.37. The third kappa shape index (κ3) is 2.26. The van der Waals surface area contributed by atoms with E-state index in [9.17, 15) is 0 Å². The second-order valence-electron chi connectivity index (χ2n) is 4.06. The summed E-state index contributed by atoms with van der Waals surface area (Å²) in [6, 6.07) is 0.660. The van der Waals surface area contributed by atoms with Gasteiger partial charge in [0.05, 0.1) is 6.33 Å². The topological polar surface area (TPSA) is 69.6 Å². The van der Waals surface area contributed by atoms with Gasteiger partial charge >= 0.3 is 0 Å².